The molecule has 0 saturated carbocycles. The number of carbonyl (C=O) groups excluding carboxylic acids is 1. The first-order valence-electron chi connectivity index (χ1n) is 7.57. The molecule has 122 valence electrons. The zero-order valence-corrected chi connectivity index (χ0v) is 14.9. The second-order valence-electron chi connectivity index (χ2n) is 6.23. The molecule has 21 heavy (non-hydrogen) atoms. The van der Waals surface area contributed by atoms with E-state index in [1.165, 1.54) is 6.42 Å². The Morgan fingerprint density at radius 2 is 2.05 bits per heavy atom. The third-order valence-corrected chi connectivity index (χ3v) is 3.93. The third-order valence-electron chi connectivity index (χ3n) is 2.91. The molecule has 1 amide bonds. The van der Waals surface area contributed by atoms with Crippen LogP contribution >= 0.6 is 11.8 Å². The smallest absolute Gasteiger partial charge is 0.242 e. The van der Waals surface area contributed by atoms with Crippen LogP contribution in [0.5, 0.6) is 0 Å². The van der Waals surface area contributed by atoms with Crippen LogP contribution in [-0.2, 0) is 4.79 Å². The number of carbonyl (C=O) groups is 1. The highest BCUT2D eigenvalue weighted by molar-refractivity contribution is 7.99. The highest BCUT2D eigenvalue weighted by Crippen LogP contribution is 2.21. The number of aliphatic imine (C=N–C) groups is 1. The summed E-state index contributed by atoms with van der Waals surface area (Å²) < 4.78 is 0. The summed E-state index contributed by atoms with van der Waals surface area (Å²) in [6.45, 7) is 8.75. The zero-order chi connectivity index (χ0) is 16.3. The predicted octanol–water partition coefficient (Wildman–Crippen LogP) is 2.98. The van der Waals surface area contributed by atoms with Gasteiger partial charge in [-0.3, -0.25) is 9.79 Å². The van der Waals surface area contributed by atoms with Crippen LogP contribution in [0.25, 0.3) is 0 Å². The van der Waals surface area contributed by atoms with E-state index in [1.54, 1.807) is 7.05 Å². The first kappa shape index (κ1) is 20.2. The minimum atomic E-state index is -0.473. The number of amides is 1. The molecule has 0 heterocycles. The summed E-state index contributed by atoms with van der Waals surface area (Å²) >= 11 is 1.86. The normalized spacial score (nSPS) is 14.5. The van der Waals surface area contributed by atoms with Crippen molar-refractivity contribution in [2.45, 2.75) is 53.0 Å². The summed E-state index contributed by atoms with van der Waals surface area (Å²) in [6, 6.07) is -0.473. The molecule has 4 nitrogen and oxygen atoms in total. The lowest BCUT2D eigenvalue weighted by Gasteiger charge is -2.17. The molecule has 0 bridgehead atoms. The van der Waals surface area contributed by atoms with Crippen molar-refractivity contribution in [3.05, 3.63) is 12.2 Å². The average Bonchev–Trinajstić information content (AvgIpc) is 2.41. The Labute approximate surface area is 134 Å². The molecule has 0 aliphatic rings. The zero-order valence-electron chi connectivity index (χ0n) is 14.1. The lowest BCUT2D eigenvalue weighted by Crippen LogP contribution is -2.43. The van der Waals surface area contributed by atoms with E-state index in [0.717, 1.165) is 17.9 Å². The number of nitrogens with two attached hydrogens (primary N) is 1. The molecule has 5 heteroatoms. The molecule has 0 aliphatic heterocycles. The van der Waals surface area contributed by atoms with Crippen molar-refractivity contribution < 1.29 is 4.79 Å². The van der Waals surface area contributed by atoms with Gasteiger partial charge < -0.3 is 11.1 Å². The molecule has 0 aromatic rings. The monoisotopic (exact) mass is 313 g/mol. The number of amidine groups is 1. The standard InChI is InChI=1S/C16H31N3OS/c1-6-7-8-14(18-5)19-15(20)13(17)9-11-21-12-10-16(2,3)4/h7-8,13H,6,9-12,17H2,1-5H3,(H,18,19,20)/b8-7-. The molecule has 1 unspecified atom stereocenters. The van der Waals surface area contributed by atoms with E-state index >= 15 is 0 Å². The summed E-state index contributed by atoms with van der Waals surface area (Å²) in [6.07, 6.45) is 6.53. The topological polar surface area (TPSA) is 67.5 Å². The fourth-order valence-corrected chi connectivity index (χ4v) is 2.82. The number of hydrogen-bond acceptors (Lipinski definition) is 4. The molecule has 1 atom stereocenters. The molecular formula is C16H31N3OS. The highest BCUT2D eigenvalue weighted by atomic mass is 32.2. The molecular weight excluding hydrogens is 282 g/mol. The van der Waals surface area contributed by atoms with Crippen LogP contribution in [-0.4, -0.2) is 36.3 Å². The van der Waals surface area contributed by atoms with Crippen LogP contribution < -0.4 is 11.1 Å². The number of rotatable bonds is 8. The van der Waals surface area contributed by atoms with E-state index in [-0.39, 0.29) is 5.91 Å². The fourth-order valence-electron chi connectivity index (χ4n) is 1.44. The SMILES string of the molecule is CC/C=C\C(=NC)NC(=O)C(N)CCSCCC(C)(C)C. The predicted molar refractivity (Wildman–Crippen MR) is 94.9 cm³/mol. The van der Waals surface area contributed by atoms with E-state index in [4.69, 9.17) is 5.73 Å². The van der Waals surface area contributed by atoms with Crippen LogP contribution in [0.1, 0.15) is 47.0 Å². The van der Waals surface area contributed by atoms with Gasteiger partial charge in [0.1, 0.15) is 5.84 Å². The lowest BCUT2D eigenvalue weighted by atomic mass is 9.94. The van der Waals surface area contributed by atoms with Crippen molar-refractivity contribution in [2.75, 3.05) is 18.6 Å². The van der Waals surface area contributed by atoms with Crippen molar-refractivity contribution >= 4 is 23.5 Å². The van der Waals surface area contributed by atoms with Crippen molar-refractivity contribution in [3.63, 3.8) is 0 Å². The number of allylic oxidation sites excluding steroid dienone is 1. The van der Waals surface area contributed by atoms with E-state index in [2.05, 4.69) is 31.1 Å². The van der Waals surface area contributed by atoms with Crippen LogP contribution in [0, 0.1) is 5.41 Å². The van der Waals surface area contributed by atoms with Gasteiger partial charge in [0, 0.05) is 7.05 Å². The van der Waals surface area contributed by atoms with Gasteiger partial charge in [-0.1, -0.05) is 33.8 Å². The Morgan fingerprint density at radius 1 is 1.38 bits per heavy atom. The van der Waals surface area contributed by atoms with Gasteiger partial charge in [-0.15, -0.1) is 0 Å². The molecule has 0 saturated heterocycles. The van der Waals surface area contributed by atoms with Crippen molar-refractivity contribution in [3.8, 4) is 0 Å². The van der Waals surface area contributed by atoms with E-state index in [0.29, 0.717) is 17.7 Å². The van der Waals surface area contributed by atoms with Gasteiger partial charge in [-0.2, -0.15) is 11.8 Å². The van der Waals surface area contributed by atoms with Gasteiger partial charge in [0.05, 0.1) is 6.04 Å². The number of hydrogen-bond donors (Lipinski definition) is 2. The molecule has 0 aliphatic carbocycles. The minimum absolute atomic E-state index is 0.159. The van der Waals surface area contributed by atoms with Gasteiger partial charge >= 0.3 is 0 Å². The average molecular weight is 314 g/mol. The maximum atomic E-state index is 11.9. The molecule has 0 spiro atoms. The van der Waals surface area contributed by atoms with E-state index in [9.17, 15) is 4.79 Å². The summed E-state index contributed by atoms with van der Waals surface area (Å²) in [5, 5.41) is 2.76. The maximum Gasteiger partial charge on any atom is 0.242 e. The Morgan fingerprint density at radius 3 is 2.57 bits per heavy atom. The molecule has 0 aromatic heterocycles. The molecule has 0 rings (SSSR count). The second kappa shape index (κ2) is 10.9. The highest BCUT2D eigenvalue weighted by Gasteiger charge is 2.14. The minimum Gasteiger partial charge on any atom is -0.320 e. The quantitative estimate of drug-likeness (QED) is 0.411. The summed E-state index contributed by atoms with van der Waals surface area (Å²) in [7, 11) is 1.66. The van der Waals surface area contributed by atoms with Crippen molar-refractivity contribution in [1.29, 1.82) is 0 Å². The Hall–Kier alpha value is -0.810. The Bertz CT molecular complexity index is 359. The number of nitrogens with one attached hydrogen (secondary N) is 1. The first-order chi connectivity index (χ1) is 9.80. The molecule has 3 N–H and O–H groups in total. The Kier molecular flexibility index (Phi) is 10.4. The summed E-state index contributed by atoms with van der Waals surface area (Å²) in [4.78, 5) is 16.0. The summed E-state index contributed by atoms with van der Waals surface area (Å²) in [5.74, 6) is 2.43. The number of nitrogens with zero attached hydrogens (tertiary/aromatic N) is 1. The molecule has 0 radical (unpaired) electrons. The third kappa shape index (κ3) is 11.5. The van der Waals surface area contributed by atoms with Gasteiger partial charge in [0.2, 0.25) is 5.91 Å². The van der Waals surface area contributed by atoms with Crippen molar-refractivity contribution in [1.82, 2.24) is 5.32 Å². The first-order valence-corrected chi connectivity index (χ1v) is 8.73. The largest absolute Gasteiger partial charge is 0.320 e. The van der Waals surface area contributed by atoms with Gasteiger partial charge in [0.25, 0.3) is 0 Å². The second-order valence-corrected chi connectivity index (χ2v) is 7.45. The lowest BCUT2D eigenvalue weighted by molar-refractivity contribution is -0.120. The molecule has 0 fully saturated rings. The van der Waals surface area contributed by atoms with E-state index in [1.807, 2.05) is 30.8 Å². The Balaban J connectivity index is 3.97. The van der Waals surface area contributed by atoms with E-state index < -0.39 is 6.04 Å². The molecule has 0 aromatic carbocycles. The summed E-state index contributed by atoms with van der Waals surface area (Å²) in [5.41, 5.74) is 6.28. The van der Waals surface area contributed by atoms with Gasteiger partial charge in [0.15, 0.2) is 0 Å². The van der Waals surface area contributed by atoms with Crippen LogP contribution in [0.2, 0.25) is 0 Å². The van der Waals surface area contributed by atoms with Crippen molar-refractivity contribution in [2.24, 2.45) is 16.1 Å². The van der Waals surface area contributed by atoms with Gasteiger partial charge in [-0.25, -0.2) is 0 Å². The maximum absolute atomic E-state index is 11.9. The van der Waals surface area contributed by atoms with Crippen LogP contribution in [0.15, 0.2) is 17.1 Å². The number of thioether (sulfide) groups is 1. The fraction of sp³-hybridized carbons (Fsp3) is 0.750. The van der Waals surface area contributed by atoms with Crippen LogP contribution in [0.3, 0.4) is 0 Å². The van der Waals surface area contributed by atoms with Gasteiger partial charge in [-0.05, 0) is 42.3 Å². The van der Waals surface area contributed by atoms with Crippen LogP contribution in [0.4, 0.5) is 0 Å².